The molecule has 2 rings (SSSR count). The Balaban J connectivity index is 2.45. The second kappa shape index (κ2) is 4.11. The molecule has 0 saturated carbocycles. The number of carbonyl (C=O) groups excluding carboxylic acids is 1. The van der Waals surface area contributed by atoms with Gasteiger partial charge >= 0.3 is 0 Å². The maximum Gasteiger partial charge on any atom is 0.245 e. The van der Waals surface area contributed by atoms with E-state index in [2.05, 4.69) is 5.32 Å². The van der Waals surface area contributed by atoms with Gasteiger partial charge in [-0.05, 0) is 26.0 Å². The van der Waals surface area contributed by atoms with E-state index in [-0.39, 0.29) is 5.91 Å². The van der Waals surface area contributed by atoms with E-state index in [0.29, 0.717) is 17.3 Å². The highest BCUT2D eigenvalue weighted by Gasteiger charge is 2.38. The maximum atomic E-state index is 11.9. The Morgan fingerprint density at radius 3 is 2.88 bits per heavy atom. The van der Waals surface area contributed by atoms with Crippen LogP contribution in [0, 0.1) is 0 Å². The van der Waals surface area contributed by atoms with Crippen molar-refractivity contribution in [2.75, 3.05) is 23.7 Å². The van der Waals surface area contributed by atoms with Crippen LogP contribution in [0.3, 0.4) is 0 Å². The number of amides is 1. The molecule has 1 aliphatic rings. The molecule has 17 heavy (non-hydrogen) atoms. The summed E-state index contributed by atoms with van der Waals surface area (Å²) < 4.78 is 0. The first-order valence-corrected chi connectivity index (χ1v) is 5.92. The number of hydrogen-bond acceptors (Lipinski definition) is 3. The van der Waals surface area contributed by atoms with Gasteiger partial charge in [0.05, 0.1) is 16.4 Å². The van der Waals surface area contributed by atoms with Crippen LogP contribution in [0.2, 0.25) is 5.02 Å². The average Bonchev–Trinajstić information content (AvgIpc) is 2.27. The Kier molecular flexibility index (Phi) is 2.91. The molecule has 3 N–H and O–H groups in total. The topological polar surface area (TPSA) is 58.4 Å². The molecule has 1 heterocycles. The summed E-state index contributed by atoms with van der Waals surface area (Å²) in [6.45, 7) is 5.10. The Morgan fingerprint density at radius 2 is 2.18 bits per heavy atom. The summed E-state index contributed by atoms with van der Waals surface area (Å²) in [6, 6.07) is 5.48. The van der Waals surface area contributed by atoms with Gasteiger partial charge in [0.2, 0.25) is 5.91 Å². The summed E-state index contributed by atoms with van der Waals surface area (Å²) in [4.78, 5) is 13.9. The van der Waals surface area contributed by atoms with Gasteiger partial charge in [-0.3, -0.25) is 4.79 Å². The molecule has 0 unspecified atom stereocenters. The zero-order chi connectivity index (χ0) is 12.6. The van der Waals surface area contributed by atoms with Crippen LogP contribution in [-0.4, -0.2) is 24.5 Å². The number of nitrogens with one attached hydrogen (secondary N) is 1. The van der Waals surface area contributed by atoms with Gasteiger partial charge in [0, 0.05) is 13.1 Å². The minimum absolute atomic E-state index is 0.00289. The average molecular weight is 254 g/mol. The zero-order valence-corrected chi connectivity index (χ0v) is 10.7. The molecule has 5 heteroatoms. The van der Waals surface area contributed by atoms with Crippen molar-refractivity contribution in [3.05, 3.63) is 23.2 Å². The third kappa shape index (κ3) is 1.93. The number of benzene rings is 1. The molecule has 0 bridgehead atoms. The molecular formula is C12H16ClN3O. The lowest BCUT2D eigenvalue weighted by molar-refractivity contribution is -0.126. The van der Waals surface area contributed by atoms with Crippen LogP contribution < -0.4 is 16.0 Å². The van der Waals surface area contributed by atoms with Gasteiger partial charge in [0.1, 0.15) is 5.54 Å². The minimum atomic E-state index is -0.614. The lowest BCUT2D eigenvalue weighted by Gasteiger charge is -2.43. The molecule has 1 aromatic rings. The number of nitrogens with zero attached hydrogens (tertiary/aromatic N) is 1. The van der Waals surface area contributed by atoms with Crippen molar-refractivity contribution in [1.82, 2.24) is 5.32 Å². The van der Waals surface area contributed by atoms with Gasteiger partial charge in [-0.25, -0.2) is 0 Å². The number of rotatable bonds is 1. The predicted octanol–water partition coefficient (Wildman–Crippen LogP) is 1.64. The molecule has 1 aromatic carbocycles. The van der Waals surface area contributed by atoms with E-state index in [1.165, 1.54) is 0 Å². The van der Waals surface area contributed by atoms with Gasteiger partial charge in [-0.15, -0.1) is 0 Å². The van der Waals surface area contributed by atoms with E-state index in [1.54, 1.807) is 6.07 Å². The third-order valence-electron chi connectivity index (χ3n) is 3.17. The highest BCUT2D eigenvalue weighted by Crippen LogP contribution is 2.34. The SMILES string of the molecule is CC1(C)C(=O)NCCN1c1cccc(Cl)c1N. The van der Waals surface area contributed by atoms with Crippen LogP contribution in [-0.2, 0) is 4.79 Å². The first-order chi connectivity index (χ1) is 7.94. The molecule has 92 valence electrons. The van der Waals surface area contributed by atoms with Crippen LogP contribution in [0.25, 0.3) is 0 Å². The van der Waals surface area contributed by atoms with Crippen LogP contribution in [0.1, 0.15) is 13.8 Å². The third-order valence-corrected chi connectivity index (χ3v) is 3.50. The number of anilines is 2. The number of piperazine rings is 1. The van der Waals surface area contributed by atoms with Crippen molar-refractivity contribution in [2.24, 2.45) is 0 Å². The minimum Gasteiger partial charge on any atom is -0.396 e. The fraction of sp³-hybridized carbons (Fsp3) is 0.417. The summed E-state index contributed by atoms with van der Waals surface area (Å²) in [7, 11) is 0. The van der Waals surface area contributed by atoms with Gasteiger partial charge < -0.3 is 16.0 Å². The van der Waals surface area contributed by atoms with Gasteiger partial charge in [0.25, 0.3) is 0 Å². The zero-order valence-electron chi connectivity index (χ0n) is 9.96. The molecule has 4 nitrogen and oxygen atoms in total. The summed E-state index contributed by atoms with van der Waals surface area (Å²) in [5.41, 5.74) is 6.70. The second-order valence-corrected chi connectivity index (χ2v) is 5.05. The second-order valence-electron chi connectivity index (χ2n) is 4.64. The van der Waals surface area contributed by atoms with Crippen molar-refractivity contribution >= 4 is 28.9 Å². The first-order valence-electron chi connectivity index (χ1n) is 5.54. The normalized spacial score (nSPS) is 19.0. The van der Waals surface area contributed by atoms with Crippen molar-refractivity contribution in [3.63, 3.8) is 0 Å². The number of nitrogens with two attached hydrogens (primary N) is 1. The molecule has 0 aliphatic carbocycles. The Bertz CT molecular complexity index is 459. The summed E-state index contributed by atoms with van der Waals surface area (Å²) in [5, 5.41) is 3.37. The monoisotopic (exact) mass is 253 g/mol. The molecule has 0 atom stereocenters. The number of nitrogen functional groups attached to an aromatic ring is 1. The first kappa shape index (κ1) is 12.0. The Hall–Kier alpha value is -1.42. The molecule has 1 aliphatic heterocycles. The molecule has 0 aromatic heterocycles. The lowest BCUT2D eigenvalue weighted by atomic mass is 9.97. The molecule has 0 spiro atoms. The van der Waals surface area contributed by atoms with Crippen molar-refractivity contribution in [2.45, 2.75) is 19.4 Å². The van der Waals surface area contributed by atoms with E-state index in [4.69, 9.17) is 17.3 Å². The number of para-hydroxylation sites is 1. The highest BCUT2D eigenvalue weighted by molar-refractivity contribution is 6.33. The van der Waals surface area contributed by atoms with Crippen molar-refractivity contribution in [3.8, 4) is 0 Å². The highest BCUT2D eigenvalue weighted by atomic mass is 35.5. The van der Waals surface area contributed by atoms with Crippen LogP contribution >= 0.6 is 11.6 Å². The van der Waals surface area contributed by atoms with Crippen LogP contribution in [0.15, 0.2) is 18.2 Å². The van der Waals surface area contributed by atoms with Crippen LogP contribution in [0.5, 0.6) is 0 Å². The molecular weight excluding hydrogens is 238 g/mol. The quantitative estimate of drug-likeness (QED) is 0.748. The fourth-order valence-corrected chi connectivity index (χ4v) is 2.25. The molecule has 1 amide bonds. The van der Waals surface area contributed by atoms with Gasteiger partial charge in [-0.2, -0.15) is 0 Å². The molecule has 0 radical (unpaired) electrons. The van der Waals surface area contributed by atoms with Crippen molar-refractivity contribution < 1.29 is 4.79 Å². The van der Waals surface area contributed by atoms with E-state index in [0.717, 1.165) is 12.2 Å². The molecule has 1 fully saturated rings. The molecule has 1 saturated heterocycles. The van der Waals surface area contributed by atoms with Gasteiger partial charge in [-0.1, -0.05) is 17.7 Å². The van der Waals surface area contributed by atoms with E-state index < -0.39 is 5.54 Å². The maximum absolute atomic E-state index is 11.9. The van der Waals surface area contributed by atoms with E-state index in [1.807, 2.05) is 30.9 Å². The van der Waals surface area contributed by atoms with Crippen molar-refractivity contribution in [1.29, 1.82) is 0 Å². The summed E-state index contributed by atoms with van der Waals surface area (Å²) in [5.74, 6) is 0.00289. The number of carbonyl (C=O) groups is 1. The summed E-state index contributed by atoms with van der Waals surface area (Å²) >= 11 is 6.01. The lowest BCUT2D eigenvalue weighted by Crippen LogP contribution is -2.62. The number of hydrogen-bond donors (Lipinski definition) is 2. The van der Waals surface area contributed by atoms with E-state index >= 15 is 0 Å². The Labute approximate surface area is 106 Å². The largest absolute Gasteiger partial charge is 0.396 e. The standard InChI is InChI=1S/C12H16ClN3O/c1-12(2)11(17)15-6-7-16(12)9-5-3-4-8(13)10(9)14/h3-5H,6-7,14H2,1-2H3,(H,15,17). The van der Waals surface area contributed by atoms with E-state index in [9.17, 15) is 4.79 Å². The smallest absolute Gasteiger partial charge is 0.245 e. The fourth-order valence-electron chi connectivity index (χ4n) is 2.08. The van der Waals surface area contributed by atoms with Gasteiger partial charge in [0.15, 0.2) is 0 Å². The Morgan fingerprint density at radius 1 is 1.47 bits per heavy atom. The van der Waals surface area contributed by atoms with Crippen LogP contribution in [0.4, 0.5) is 11.4 Å². The predicted molar refractivity (Wildman–Crippen MR) is 70.3 cm³/mol. The number of halogens is 1. The summed E-state index contributed by atoms with van der Waals surface area (Å²) in [6.07, 6.45) is 0.